The molecule has 3 aromatic rings. The van der Waals surface area contributed by atoms with Gasteiger partial charge in [-0.25, -0.2) is 13.4 Å². The molecule has 0 fully saturated rings. The standard InChI is InChI=1S/C24H27N5O2S/c1-32(30,31)29-17-21-14-20(16-25)9-10-23(21)28(13-5-8-24-26-11-12-27-24)18-22(29)15-19-6-3-2-4-7-19/h2-4,6-7,9-12,14,22H,5,8,13,15,17-18H2,1H3,(H,26,27)/t22-/m1/s1. The van der Waals surface area contributed by atoms with Gasteiger partial charge in [-0.05, 0) is 42.2 Å². The normalized spacial score (nSPS) is 16.9. The predicted molar refractivity (Wildman–Crippen MR) is 125 cm³/mol. The highest BCUT2D eigenvalue weighted by molar-refractivity contribution is 7.88. The highest BCUT2D eigenvalue weighted by Crippen LogP contribution is 2.31. The van der Waals surface area contributed by atoms with Crippen LogP contribution in [0.15, 0.2) is 60.9 Å². The number of aromatic amines is 1. The molecule has 1 aliphatic rings. The first kappa shape index (κ1) is 22.1. The maximum Gasteiger partial charge on any atom is 0.211 e. The molecule has 0 aliphatic carbocycles. The number of hydrogen-bond acceptors (Lipinski definition) is 5. The van der Waals surface area contributed by atoms with Crippen LogP contribution in [-0.2, 0) is 29.4 Å². The number of fused-ring (bicyclic) bond motifs is 1. The summed E-state index contributed by atoms with van der Waals surface area (Å²) in [6.07, 6.45) is 7.16. The van der Waals surface area contributed by atoms with Crippen LogP contribution < -0.4 is 4.90 Å². The van der Waals surface area contributed by atoms with Crippen molar-refractivity contribution >= 4 is 15.7 Å². The van der Waals surface area contributed by atoms with Crippen molar-refractivity contribution in [3.05, 3.63) is 83.4 Å². The monoisotopic (exact) mass is 449 g/mol. The van der Waals surface area contributed by atoms with Gasteiger partial charge in [-0.2, -0.15) is 9.57 Å². The molecule has 2 aromatic carbocycles. The smallest absolute Gasteiger partial charge is 0.211 e. The average molecular weight is 450 g/mol. The fourth-order valence-electron chi connectivity index (χ4n) is 4.36. The minimum absolute atomic E-state index is 0.214. The average Bonchev–Trinajstić information content (AvgIpc) is 3.24. The van der Waals surface area contributed by atoms with Gasteiger partial charge in [0.2, 0.25) is 10.0 Å². The summed E-state index contributed by atoms with van der Waals surface area (Å²) in [6, 6.07) is 17.5. The van der Waals surface area contributed by atoms with Crippen LogP contribution in [0.25, 0.3) is 0 Å². The van der Waals surface area contributed by atoms with E-state index in [-0.39, 0.29) is 12.6 Å². The van der Waals surface area contributed by atoms with Crippen LogP contribution in [0.2, 0.25) is 0 Å². The number of nitrogens with one attached hydrogen (secondary N) is 1. The Labute approximate surface area is 189 Å². The van der Waals surface area contributed by atoms with Gasteiger partial charge in [0.1, 0.15) is 5.82 Å². The number of rotatable bonds is 7. The molecule has 1 aromatic heterocycles. The Hall–Kier alpha value is -3.15. The van der Waals surface area contributed by atoms with Crippen molar-refractivity contribution in [2.24, 2.45) is 0 Å². The first-order chi connectivity index (χ1) is 15.4. The molecule has 32 heavy (non-hydrogen) atoms. The molecule has 1 N–H and O–H groups in total. The quantitative estimate of drug-likeness (QED) is 0.598. The zero-order chi connectivity index (χ0) is 22.6. The van der Waals surface area contributed by atoms with E-state index in [2.05, 4.69) is 20.9 Å². The lowest BCUT2D eigenvalue weighted by atomic mass is 10.1. The lowest BCUT2D eigenvalue weighted by molar-refractivity contribution is 0.320. The van der Waals surface area contributed by atoms with Gasteiger partial charge in [0.25, 0.3) is 0 Å². The topological polar surface area (TPSA) is 93.1 Å². The fraction of sp³-hybridized carbons (Fsp3) is 0.333. The van der Waals surface area contributed by atoms with Gasteiger partial charge in [-0.15, -0.1) is 0 Å². The summed E-state index contributed by atoms with van der Waals surface area (Å²) in [5.41, 5.74) is 3.50. The zero-order valence-corrected chi connectivity index (χ0v) is 18.9. The molecule has 8 heteroatoms. The van der Waals surface area contributed by atoms with Crippen LogP contribution in [0.5, 0.6) is 0 Å². The summed E-state index contributed by atoms with van der Waals surface area (Å²) in [7, 11) is -3.45. The Morgan fingerprint density at radius 2 is 2.03 bits per heavy atom. The van der Waals surface area contributed by atoms with Crippen molar-refractivity contribution in [2.75, 3.05) is 24.2 Å². The van der Waals surface area contributed by atoms with Gasteiger partial charge in [-0.3, -0.25) is 0 Å². The molecule has 166 valence electrons. The van der Waals surface area contributed by atoms with Crippen LogP contribution in [0.4, 0.5) is 5.69 Å². The number of aromatic nitrogens is 2. The van der Waals surface area contributed by atoms with Gasteiger partial charge >= 0.3 is 0 Å². The molecular formula is C24H27N5O2S. The van der Waals surface area contributed by atoms with Gasteiger partial charge in [0, 0.05) is 50.2 Å². The predicted octanol–water partition coefficient (Wildman–Crippen LogP) is 3.11. The second kappa shape index (κ2) is 9.55. The van der Waals surface area contributed by atoms with Crippen molar-refractivity contribution < 1.29 is 8.42 Å². The highest BCUT2D eigenvalue weighted by Gasteiger charge is 2.33. The Kier molecular flexibility index (Phi) is 6.58. The van der Waals surface area contributed by atoms with E-state index in [1.165, 1.54) is 6.26 Å². The van der Waals surface area contributed by atoms with E-state index in [4.69, 9.17) is 0 Å². The van der Waals surface area contributed by atoms with E-state index >= 15 is 0 Å². The van der Waals surface area contributed by atoms with Crippen molar-refractivity contribution in [3.8, 4) is 6.07 Å². The summed E-state index contributed by atoms with van der Waals surface area (Å²) in [4.78, 5) is 9.70. The van der Waals surface area contributed by atoms with Crippen LogP contribution in [0, 0.1) is 11.3 Å². The first-order valence-electron chi connectivity index (χ1n) is 10.7. The first-order valence-corrected chi connectivity index (χ1v) is 12.6. The lowest BCUT2D eigenvalue weighted by Crippen LogP contribution is -2.45. The molecule has 0 unspecified atom stereocenters. The van der Waals surface area contributed by atoms with E-state index in [0.717, 1.165) is 42.0 Å². The molecular weight excluding hydrogens is 422 g/mol. The second-order valence-corrected chi connectivity index (χ2v) is 10.1. The molecule has 0 bridgehead atoms. The number of imidazole rings is 1. The van der Waals surface area contributed by atoms with Crippen molar-refractivity contribution in [2.45, 2.75) is 31.8 Å². The molecule has 7 nitrogen and oxygen atoms in total. The van der Waals surface area contributed by atoms with Gasteiger partial charge < -0.3 is 9.88 Å². The second-order valence-electron chi connectivity index (χ2n) is 8.19. The Morgan fingerprint density at radius 1 is 1.22 bits per heavy atom. The summed E-state index contributed by atoms with van der Waals surface area (Å²) >= 11 is 0. The van der Waals surface area contributed by atoms with Crippen molar-refractivity contribution in [1.82, 2.24) is 14.3 Å². The molecule has 4 rings (SSSR count). The van der Waals surface area contributed by atoms with Crippen LogP contribution >= 0.6 is 0 Å². The van der Waals surface area contributed by atoms with Crippen molar-refractivity contribution in [1.29, 1.82) is 5.26 Å². The zero-order valence-electron chi connectivity index (χ0n) is 18.1. The van der Waals surface area contributed by atoms with E-state index in [9.17, 15) is 13.7 Å². The summed E-state index contributed by atoms with van der Waals surface area (Å²) in [6.45, 7) is 1.61. The number of sulfonamides is 1. The van der Waals surface area contributed by atoms with Gasteiger partial charge in [0.05, 0.1) is 17.9 Å². The minimum atomic E-state index is -3.45. The van der Waals surface area contributed by atoms with E-state index in [0.29, 0.717) is 18.5 Å². The maximum absolute atomic E-state index is 12.8. The van der Waals surface area contributed by atoms with Crippen LogP contribution in [0.1, 0.15) is 28.9 Å². The van der Waals surface area contributed by atoms with E-state index < -0.39 is 10.0 Å². The molecule has 1 aliphatic heterocycles. The van der Waals surface area contributed by atoms with E-state index in [1.54, 1.807) is 16.6 Å². The van der Waals surface area contributed by atoms with Crippen LogP contribution in [0.3, 0.4) is 0 Å². The number of nitrogens with zero attached hydrogens (tertiary/aromatic N) is 4. The number of benzene rings is 2. The fourth-order valence-corrected chi connectivity index (χ4v) is 5.41. The summed E-state index contributed by atoms with van der Waals surface area (Å²) in [5, 5.41) is 9.39. The number of H-pyrrole nitrogens is 1. The van der Waals surface area contributed by atoms with Gasteiger partial charge in [0.15, 0.2) is 0 Å². The summed E-state index contributed by atoms with van der Waals surface area (Å²) in [5.74, 6) is 0.943. The molecule has 0 saturated carbocycles. The van der Waals surface area contributed by atoms with E-state index in [1.807, 2.05) is 48.7 Å². The lowest BCUT2D eigenvalue weighted by Gasteiger charge is -2.31. The minimum Gasteiger partial charge on any atom is -0.370 e. The Bertz CT molecular complexity index is 1190. The molecule has 0 spiro atoms. The molecule has 2 heterocycles. The largest absolute Gasteiger partial charge is 0.370 e. The molecule has 1 atom stereocenters. The molecule has 0 radical (unpaired) electrons. The third-order valence-corrected chi connectivity index (χ3v) is 7.13. The third-order valence-electron chi connectivity index (χ3n) is 5.85. The third kappa shape index (κ3) is 5.18. The number of nitriles is 1. The summed E-state index contributed by atoms with van der Waals surface area (Å²) < 4.78 is 27.2. The Morgan fingerprint density at radius 3 is 2.72 bits per heavy atom. The van der Waals surface area contributed by atoms with Crippen molar-refractivity contribution in [3.63, 3.8) is 0 Å². The number of anilines is 1. The Balaban J connectivity index is 1.66. The van der Waals surface area contributed by atoms with Crippen LogP contribution in [-0.4, -0.2) is 48.1 Å². The number of hydrogen-bond donors (Lipinski definition) is 1. The maximum atomic E-state index is 12.8. The highest BCUT2D eigenvalue weighted by atomic mass is 32.2. The molecule has 0 saturated heterocycles. The number of aryl methyl sites for hydroxylation is 1. The SMILES string of the molecule is CS(=O)(=O)N1Cc2cc(C#N)ccc2N(CCCc2ncc[nH]2)C[C@H]1Cc1ccccc1. The molecule has 0 amide bonds. The van der Waals surface area contributed by atoms with Gasteiger partial charge in [-0.1, -0.05) is 30.3 Å².